The van der Waals surface area contributed by atoms with E-state index >= 15 is 0 Å². The maximum atomic E-state index is 12.9. The minimum Gasteiger partial charge on any atom is -0.337 e. The molecular formula is C22H21F3N6O2. The summed E-state index contributed by atoms with van der Waals surface area (Å²) in [6.45, 7) is 1.22. The van der Waals surface area contributed by atoms with Crippen LogP contribution in [0.15, 0.2) is 49.1 Å². The summed E-state index contributed by atoms with van der Waals surface area (Å²) in [5.74, 6) is -0.0616. The molecule has 11 heteroatoms. The third kappa shape index (κ3) is 3.77. The van der Waals surface area contributed by atoms with Crippen molar-refractivity contribution >= 4 is 23.1 Å². The van der Waals surface area contributed by atoms with E-state index in [0.29, 0.717) is 24.8 Å². The van der Waals surface area contributed by atoms with Gasteiger partial charge in [-0.05, 0) is 31.0 Å². The third-order valence-corrected chi connectivity index (χ3v) is 6.52. The molecule has 1 N–H and O–H groups in total. The molecule has 0 unspecified atom stereocenters. The van der Waals surface area contributed by atoms with Gasteiger partial charge < -0.3 is 15.1 Å². The van der Waals surface area contributed by atoms with Gasteiger partial charge in [0.2, 0.25) is 0 Å². The van der Waals surface area contributed by atoms with Crippen LogP contribution >= 0.6 is 0 Å². The van der Waals surface area contributed by atoms with Gasteiger partial charge in [0.05, 0.1) is 34.7 Å². The quantitative estimate of drug-likeness (QED) is 0.651. The molecule has 8 nitrogen and oxygen atoms in total. The molecule has 0 atom stereocenters. The molecule has 3 aromatic rings. The molecule has 1 saturated carbocycles. The number of carbonyl (C=O) groups excluding carboxylic acids is 2. The van der Waals surface area contributed by atoms with E-state index in [4.69, 9.17) is 0 Å². The number of urea groups is 1. The number of anilines is 1. The number of carbonyl (C=O) groups is 2. The van der Waals surface area contributed by atoms with Crippen molar-refractivity contribution in [1.82, 2.24) is 24.4 Å². The molecule has 1 aliphatic carbocycles. The number of fused-ring (bicyclic) bond motifs is 1. The van der Waals surface area contributed by atoms with Gasteiger partial charge in [-0.1, -0.05) is 6.07 Å². The van der Waals surface area contributed by atoms with Gasteiger partial charge in [-0.15, -0.1) is 0 Å². The Labute approximate surface area is 187 Å². The number of rotatable bonds is 3. The van der Waals surface area contributed by atoms with Crippen LogP contribution in [0.4, 0.5) is 23.7 Å². The number of likely N-dealkylation sites (tertiary alicyclic amines) is 1. The molecule has 33 heavy (non-hydrogen) atoms. The van der Waals surface area contributed by atoms with Crippen LogP contribution in [0.3, 0.4) is 0 Å². The highest BCUT2D eigenvalue weighted by Gasteiger charge is 2.55. The van der Waals surface area contributed by atoms with E-state index in [2.05, 4.69) is 15.4 Å². The Kier molecular flexibility index (Phi) is 4.80. The average molecular weight is 458 g/mol. The Hall–Kier alpha value is -3.63. The van der Waals surface area contributed by atoms with Crippen LogP contribution in [0.5, 0.6) is 0 Å². The minimum atomic E-state index is -4.53. The minimum absolute atomic E-state index is 0.00969. The smallest absolute Gasteiger partial charge is 0.337 e. The second-order valence-corrected chi connectivity index (χ2v) is 8.81. The van der Waals surface area contributed by atoms with E-state index in [-0.39, 0.29) is 23.1 Å². The van der Waals surface area contributed by atoms with Gasteiger partial charge in [-0.3, -0.25) is 9.78 Å². The van der Waals surface area contributed by atoms with Crippen molar-refractivity contribution < 1.29 is 22.8 Å². The standard InChI is InChI=1S/C22H21F3N6O2/c1-29(20(33)28-15-6-14(9-26-10-15)22(23,24)25)16-7-21(8-16)12-30(13-21)19(32)17-11-27-31-5-3-2-4-18(17)31/h2-6,9-11,16H,7-8,12-13H2,1H3,(H,28,33). The molecule has 3 amide bonds. The lowest BCUT2D eigenvalue weighted by atomic mass is 9.60. The highest BCUT2D eigenvalue weighted by atomic mass is 19.4. The molecule has 3 aromatic heterocycles. The van der Waals surface area contributed by atoms with Crippen molar-refractivity contribution in [2.24, 2.45) is 5.41 Å². The summed E-state index contributed by atoms with van der Waals surface area (Å²) in [4.78, 5) is 32.2. The van der Waals surface area contributed by atoms with Gasteiger partial charge in [-0.2, -0.15) is 18.3 Å². The van der Waals surface area contributed by atoms with Crippen molar-refractivity contribution in [1.29, 1.82) is 0 Å². The van der Waals surface area contributed by atoms with Gasteiger partial charge in [-0.25, -0.2) is 9.31 Å². The molecule has 4 heterocycles. The number of aromatic nitrogens is 3. The fourth-order valence-corrected chi connectivity index (χ4v) is 4.69. The Morgan fingerprint density at radius 3 is 2.67 bits per heavy atom. The summed E-state index contributed by atoms with van der Waals surface area (Å²) in [5, 5.41) is 6.69. The van der Waals surface area contributed by atoms with E-state index < -0.39 is 17.8 Å². The predicted octanol–water partition coefficient (Wildman–Crippen LogP) is 3.52. The van der Waals surface area contributed by atoms with Crippen molar-refractivity contribution in [3.05, 3.63) is 60.2 Å². The van der Waals surface area contributed by atoms with Crippen LogP contribution in [-0.4, -0.2) is 62.5 Å². The second-order valence-electron chi connectivity index (χ2n) is 8.81. The first-order valence-electron chi connectivity index (χ1n) is 10.4. The first kappa shape index (κ1) is 21.2. The highest BCUT2D eigenvalue weighted by Crippen LogP contribution is 2.50. The Morgan fingerprint density at radius 1 is 1.18 bits per heavy atom. The summed E-state index contributed by atoms with van der Waals surface area (Å²) in [5.41, 5.74) is 0.374. The lowest BCUT2D eigenvalue weighted by Gasteiger charge is -2.60. The monoisotopic (exact) mass is 458 g/mol. The van der Waals surface area contributed by atoms with Gasteiger partial charge >= 0.3 is 12.2 Å². The molecule has 1 saturated heterocycles. The summed E-state index contributed by atoms with van der Waals surface area (Å²) >= 11 is 0. The molecule has 5 rings (SSSR count). The number of hydrogen-bond acceptors (Lipinski definition) is 4. The number of pyridine rings is 2. The number of alkyl halides is 3. The average Bonchev–Trinajstić information content (AvgIpc) is 3.15. The number of halogens is 3. The van der Waals surface area contributed by atoms with Gasteiger partial charge in [0, 0.05) is 44.0 Å². The summed E-state index contributed by atoms with van der Waals surface area (Å²) in [6, 6.07) is 5.88. The van der Waals surface area contributed by atoms with Crippen LogP contribution in [-0.2, 0) is 6.18 Å². The topological polar surface area (TPSA) is 82.8 Å². The normalized spacial score (nSPS) is 17.5. The molecule has 0 bridgehead atoms. The van der Waals surface area contributed by atoms with E-state index in [1.807, 2.05) is 18.2 Å². The van der Waals surface area contributed by atoms with Gasteiger partial charge in [0.1, 0.15) is 0 Å². The van der Waals surface area contributed by atoms with Crippen molar-refractivity contribution in [2.45, 2.75) is 25.1 Å². The van der Waals surface area contributed by atoms with Gasteiger partial charge in [0.25, 0.3) is 5.91 Å². The Bertz CT molecular complexity index is 1230. The van der Waals surface area contributed by atoms with E-state index in [1.165, 1.54) is 11.1 Å². The van der Waals surface area contributed by atoms with Crippen molar-refractivity contribution in [3.63, 3.8) is 0 Å². The SMILES string of the molecule is CN(C(=O)Nc1cncc(C(F)(F)F)c1)C1CC2(C1)CN(C(=O)c1cnn3ccccc13)C2. The molecule has 172 valence electrons. The second kappa shape index (κ2) is 7.46. The zero-order valence-corrected chi connectivity index (χ0v) is 17.7. The number of hydrogen-bond donors (Lipinski definition) is 1. The third-order valence-electron chi connectivity index (χ3n) is 6.52. The first-order chi connectivity index (χ1) is 15.7. The maximum absolute atomic E-state index is 12.9. The molecule has 1 spiro atoms. The first-order valence-corrected chi connectivity index (χ1v) is 10.4. The molecular weight excluding hydrogens is 437 g/mol. The van der Waals surface area contributed by atoms with E-state index in [9.17, 15) is 22.8 Å². The number of nitrogens with zero attached hydrogens (tertiary/aromatic N) is 5. The van der Waals surface area contributed by atoms with E-state index in [0.717, 1.165) is 24.4 Å². The Balaban J connectivity index is 1.15. The zero-order chi connectivity index (χ0) is 23.4. The summed E-state index contributed by atoms with van der Waals surface area (Å²) < 4.78 is 40.2. The fraction of sp³-hybridized carbons (Fsp3) is 0.364. The summed E-state index contributed by atoms with van der Waals surface area (Å²) in [6.07, 6.45) is 2.19. The van der Waals surface area contributed by atoms with Crippen LogP contribution < -0.4 is 5.32 Å². The molecule has 2 aliphatic rings. The van der Waals surface area contributed by atoms with E-state index in [1.54, 1.807) is 28.9 Å². The van der Waals surface area contributed by atoms with Crippen LogP contribution in [0.1, 0.15) is 28.8 Å². The van der Waals surface area contributed by atoms with Crippen LogP contribution in [0, 0.1) is 5.41 Å². The van der Waals surface area contributed by atoms with Crippen molar-refractivity contribution in [2.75, 3.05) is 25.5 Å². The lowest BCUT2D eigenvalue weighted by molar-refractivity contribution is -0.137. The maximum Gasteiger partial charge on any atom is 0.417 e. The summed E-state index contributed by atoms with van der Waals surface area (Å²) in [7, 11) is 1.62. The molecule has 0 radical (unpaired) electrons. The lowest BCUT2D eigenvalue weighted by Crippen LogP contribution is -2.67. The Morgan fingerprint density at radius 2 is 1.94 bits per heavy atom. The van der Waals surface area contributed by atoms with Crippen molar-refractivity contribution in [3.8, 4) is 0 Å². The molecule has 1 aliphatic heterocycles. The molecule has 2 fully saturated rings. The van der Waals surface area contributed by atoms with Gasteiger partial charge in [0.15, 0.2) is 0 Å². The largest absolute Gasteiger partial charge is 0.417 e. The predicted molar refractivity (Wildman–Crippen MR) is 113 cm³/mol. The van der Waals surface area contributed by atoms with Crippen LogP contribution in [0.2, 0.25) is 0 Å². The molecule has 0 aromatic carbocycles. The fourth-order valence-electron chi connectivity index (χ4n) is 4.69. The number of amides is 3. The number of nitrogens with one attached hydrogen (secondary N) is 1. The highest BCUT2D eigenvalue weighted by molar-refractivity contribution is 6.01. The van der Waals surface area contributed by atoms with Crippen LogP contribution in [0.25, 0.3) is 5.52 Å². The zero-order valence-electron chi connectivity index (χ0n) is 17.7.